The molecule has 2 aromatic carbocycles. The van der Waals surface area contributed by atoms with Gasteiger partial charge >= 0.3 is 0 Å². The summed E-state index contributed by atoms with van der Waals surface area (Å²) in [4.78, 5) is 12.0. The average Bonchev–Trinajstić information content (AvgIpc) is 3.08. The largest absolute Gasteiger partial charge is 0.297 e. The Kier molecular flexibility index (Phi) is 6.84. The van der Waals surface area contributed by atoms with Crippen LogP contribution in [0.2, 0.25) is 10.0 Å². The first-order valence-electron chi connectivity index (χ1n) is 7.64. The van der Waals surface area contributed by atoms with Crippen molar-refractivity contribution in [3.8, 4) is 0 Å². The smallest absolute Gasteiger partial charge is 0.250 e. The van der Waals surface area contributed by atoms with Gasteiger partial charge in [0.05, 0.1) is 0 Å². The molecule has 3 aromatic rings. The SMILES string of the molecule is O=C(/C=C/c1ccc(Cl)cc1Cl)Nc1nnc(SCc2ccc(F)cc2)s1. The van der Waals surface area contributed by atoms with Gasteiger partial charge in [-0.2, -0.15) is 0 Å². The van der Waals surface area contributed by atoms with Gasteiger partial charge < -0.3 is 0 Å². The number of hydrogen-bond acceptors (Lipinski definition) is 5. The van der Waals surface area contributed by atoms with Crippen LogP contribution in [-0.4, -0.2) is 16.1 Å². The topological polar surface area (TPSA) is 54.9 Å². The van der Waals surface area contributed by atoms with Crippen LogP contribution in [-0.2, 0) is 10.5 Å². The number of anilines is 1. The van der Waals surface area contributed by atoms with E-state index in [-0.39, 0.29) is 11.7 Å². The molecule has 0 saturated heterocycles. The van der Waals surface area contributed by atoms with E-state index in [1.807, 2.05) is 0 Å². The highest BCUT2D eigenvalue weighted by Crippen LogP contribution is 2.28. The van der Waals surface area contributed by atoms with E-state index in [1.165, 1.54) is 41.3 Å². The van der Waals surface area contributed by atoms with Crippen LogP contribution in [0.1, 0.15) is 11.1 Å². The van der Waals surface area contributed by atoms with Crippen molar-refractivity contribution in [3.63, 3.8) is 0 Å². The normalized spacial score (nSPS) is 11.1. The predicted molar refractivity (Wildman–Crippen MR) is 110 cm³/mol. The summed E-state index contributed by atoms with van der Waals surface area (Å²) in [5.74, 6) is 0.0301. The number of nitrogens with one attached hydrogen (secondary N) is 1. The van der Waals surface area contributed by atoms with Crippen LogP contribution in [0.5, 0.6) is 0 Å². The van der Waals surface area contributed by atoms with Crippen molar-refractivity contribution in [1.29, 1.82) is 0 Å². The molecule has 0 fully saturated rings. The second-order valence-corrected chi connectivity index (χ2v) is 8.32. The lowest BCUT2D eigenvalue weighted by Crippen LogP contribution is -2.07. The fraction of sp³-hybridized carbons (Fsp3) is 0.0556. The van der Waals surface area contributed by atoms with Gasteiger partial charge in [0.15, 0.2) is 4.34 Å². The Morgan fingerprint density at radius 3 is 2.70 bits per heavy atom. The molecule has 0 unspecified atom stereocenters. The van der Waals surface area contributed by atoms with Crippen molar-refractivity contribution in [2.75, 3.05) is 5.32 Å². The fourth-order valence-corrected chi connectivity index (χ4v) is 4.18. The Hall–Kier alpha value is -1.93. The zero-order valence-corrected chi connectivity index (χ0v) is 16.8. The number of carbonyl (C=O) groups excluding carboxylic acids is 1. The van der Waals surface area contributed by atoms with E-state index < -0.39 is 0 Å². The molecular weight excluding hydrogens is 428 g/mol. The van der Waals surface area contributed by atoms with Crippen molar-refractivity contribution >= 4 is 63.4 Å². The number of aromatic nitrogens is 2. The van der Waals surface area contributed by atoms with E-state index in [0.717, 1.165) is 5.56 Å². The molecule has 0 aliphatic carbocycles. The number of nitrogens with zero attached hydrogens (tertiary/aromatic N) is 2. The van der Waals surface area contributed by atoms with Crippen LogP contribution in [0.25, 0.3) is 6.08 Å². The molecule has 9 heteroatoms. The minimum absolute atomic E-state index is 0.266. The third-order valence-corrected chi connectivity index (χ3v) is 5.89. The number of benzene rings is 2. The van der Waals surface area contributed by atoms with Crippen LogP contribution in [0, 0.1) is 5.82 Å². The van der Waals surface area contributed by atoms with Crippen molar-refractivity contribution in [2.24, 2.45) is 0 Å². The maximum Gasteiger partial charge on any atom is 0.250 e. The third kappa shape index (κ3) is 6.04. The molecule has 0 saturated carbocycles. The van der Waals surface area contributed by atoms with Gasteiger partial charge in [0, 0.05) is 21.9 Å². The molecule has 1 N–H and O–H groups in total. The van der Waals surface area contributed by atoms with Crippen molar-refractivity contribution in [2.45, 2.75) is 10.1 Å². The Balaban J connectivity index is 1.54. The second kappa shape index (κ2) is 9.32. The highest BCUT2D eigenvalue weighted by atomic mass is 35.5. The molecule has 27 heavy (non-hydrogen) atoms. The summed E-state index contributed by atoms with van der Waals surface area (Å²) in [6.45, 7) is 0. The van der Waals surface area contributed by atoms with E-state index in [9.17, 15) is 9.18 Å². The van der Waals surface area contributed by atoms with Gasteiger partial charge in [0.25, 0.3) is 0 Å². The van der Waals surface area contributed by atoms with Crippen molar-refractivity contribution < 1.29 is 9.18 Å². The number of thioether (sulfide) groups is 1. The molecule has 138 valence electrons. The third-order valence-electron chi connectivity index (χ3n) is 3.29. The van der Waals surface area contributed by atoms with Gasteiger partial charge in [0.2, 0.25) is 11.0 Å². The van der Waals surface area contributed by atoms with Crippen LogP contribution in [0.4, 0.5) is 9.52 Å². The van der Waals surface area contributed by atoms with E-state index in [0.29, 0.717) is 30.8 Å². The second-order valence-electron chi connectivity index (χ2n) is 5.28. The summed E-state index contributed by atoms with van der Waals surface area (Å²) in [6, 6.07) is 11.3. The lowest BCUT2D eigenvalue weighted by molar-refractivity contribution is -0.111. The van der Waals surface area contributed by atoms with Gasteiger partial charge in [-0.05, 0) is 41.5 Å². The van der Waals surface area contributed by atoms with Gasteiger partial charge in [0.1, 0.15) is 5.82 Å². The zero-order chi connectivity index (χ0) is 19.2. The molecule has 0 aliphatic rings. The Labute approximate surface area is 173 Å². The highest BCUT2D eigenvalue weighted by molar-refractivity contribution is 8.00. The number of amides is 1. The summed E-state index contributed by atoms with van der Waals surface area (Å²) < 4.78 is 13.6. The zero-order valence-electron chi connectivity index (χ0n) is 13.7. The van der Waals surface area contributed by atoms with Gasteiger partial charge in [-0.1, -0.05) is 64.5 Å². The number of rotatable bonds is 6. The lowest BCUT2D eigenvalue weighted by Gasteiger charge is -1.99. The first-order valence-corrected chi connectivity index (χ1v) is 10.2. The van der Waals surface area contributed by atoms with Crippen molar-refractivity contribution in [3.05, 3.63) is 75.5 Å². The molecule has 3 rings (SSSR count). The molecule has 0 radical (unpaired) electrons. The Bertz CT molecular complexity index is 977. The molecule has 0 spiro atoms. The van der Waals surface area contributed by atoms with E-state index in [2.05, 4.69) is 15.5 Å². The highest BCUT2D eigenvalue weighted by Gasteiger charge is 2.08. The summed E-state index contributed by atoms with van der Waals surface area (Å²) in [7, 11) is 0. The summed E-state index contributed by atoms with van der Waals surface area (Å²) >= 11 is 14.6. The van der Waals surface area contributed by atoms with Crippen LogP contribution < -0.4 is 5.32 Å². The summed E-state index contributed by atoms with van der Waals surface area (Å²) in [5, 5.41) is 12.0. The van der Waals surface area contributed by atoms with Crippen LogP contribution >= 0.6 is 46.3 Å². The van der Waals surface area contributed by atoms with E-state index in [1.54, 1.807) is 36.4 Å². The fourth-order valence-electron chi connectivity index (χ4n) is 1.99. The number of carbonyl (C=O) groups is 1. The van der Waals surface area contributed by atoms with Crippen molar-refractivity contribution in [1.82, 2.24) is 10.2 Å². The van der Waals surface area contributed by atoms with E-state index >= 15 is 0 Å². The van der Waals surface area contributed by atoms with Crippen LogP contribution in [0.15, 0.2) is 52.9 Å². The quantitative estimate of drug-likeness (QED) is 0.293. The van der Waals surface area contributed by atoms with Gasteiger partial charge in [-0.15, -0.1) is 10.2 Å². The molecule has 1 amide bonds. The average molecular weight is 440 g/mol. The first-order chi connectivity index (χ1) is 13.0. The monoisotopic (exact) mass is 439 g/mol. The van der Waals surface area contributed by atoms with Gasteiger partial charge in [-0.3, -0.25) is 10.1 Å². The molecule has 1 aromatic heterocycles. The Morgan fingerprint density at radius 1 is 1.19 bits per heavy atom. The standard InChI is InChI=1S/C18H12Cl2FN3OS2/c19-13-5-3-12(15(20)9-13)4-8-16(25)22-17-23-24-18(27-17)26-10-11-1-6-14(21)7-2-11/h1-9H,10H2,(H,22,23,25)/b8-4+. The molecule has 0 bridgehead atoms. The van der Waals surface area contributed by atoms with E-state index in [4.69, 9.17) is 23.2 Å². The summed E-state index contributed by atoms with van der Waals surface area (Å²) in [5.41, 5.74) is 1.66. The number of hydrogen-bond donors (Lipinski definition) is 1. The van der Waals surface area contributed by atoms with Gasteiger partial charge in [-0.25, -0.2) is 4.39 Å². The molecule has 4 nitrogen and oxygen atoms in total. The minimum Gasteiger partial charge on any atom is -0.297 e. The number of halogens is 3. The Morgan fingerprint density at radius 2 is 1.96 bits per heavy atom. The molecule has 1 heterocycles. The molecular formula is C18H12Cl2FN3OS2. The predicted octanol–water partition coefficient (Wildman–Crippen LogP) is 5.93. The lowest BCUT2D eigenvalue weighted by atomic mass is 10.2. The van der Waals surface area contributed by atoms with Crippen LogP contribution in [0.3, 0.4) is 0 Å². The maximum absolute atomic E-state index is 12.9. The maximum atomic E-state index is 12.9. The minimum atomic E-state index is -0.341. The first kappa shape index (κ1) is 19.8. The molecule has 0 atom stereocenters. The molecule has 0 aliphatic heterocycles. The summed E-state index contributed by atoms with van der Waals surface area (Å²) in [6.07, 6.45) is 2.96.